The SMILES string of the molecule is Nc1cccc(/C=c2\c3ccccc3c3[nH]c(=O)c4nccn4c23)c1. The minimum Gasteiger partial charge on any atom is -0.399 e. The summed E-state index contributed by atoms with van der Waals surface area (Å²) in [6.07, 6.45) is 5.56. The van der Waals surface area contributed by atoms with Gasteiger partial charge in [0.05, 0.1) is 11.0 Å². The molecule has 3 N–H and O–H groups in total. The summed E-state index contributed by atoms with van der Waals surface area (Å²) in [6, 6.07) is 15.8. The van der Waals surface area contributed by atoms with Gasteiger partial charge in [-0.1, -0.05) is 36.4 Å². The minimum absolute atomic E-state index is 0.191. The van der Waals surface area contributed by atoms with Crippen LogP contribution in [0.5, 0.6) is 0 Å². The van der Waals surface area contributed by atoms with Crippen LogP contribution in [0, 0.1) is 0 Å². The van der Waals surface area contributed by atoms with Crippen LogP contribution >= 0.6 is 0 Å². The van der Waals surface area contributed by atoms with Crippen molar-refractivity contribution in [2.45, 2.75) is 0 Å². The molecule has 0 saturated carbocycles. The van der Waals surface area contributed by atoms with Gasteiger partial charge in [0.1, 0.15) is 0 Å². The highest BCUT2D eigenvalue weighted by Gasteiger charge is 2.13. The van der Waals surface area contributed by atoms with Crippen LogP contribution in [0.3, 0.4) is 0 Å². The van der Waals surface area contributed by atoms with Crippen molar-refractivity contribution < 1.29 is 0 Å². The lowest BCUT2D eigenvalue weighted by Gasteiger charge is -1.99. The number of benzene rings is 2. The van der Waals surface area contributed by atoms with Gasteiger partial charge >= 0.3 is 0 Å². The maximum atomic E-state index is 12.3. The predicted octanol–water partition coefficient (Wildman–Crippen LogP) is 2.46. The molecule has 5 rings (SSSR count). The lowest BCUT2D eigenvalue weighted by molar-refractivity contribution is 1.17. The third-order valence-electron chi connectivity index (χ3n) is 4.52. The van der Waals surface area contributed by atoms with E-state index in [1.54, 1.807) is 6.20 Å². The zero-order valence-corrected chi connectivity index (χ0v) is 13.2. The molecule has 0 spiro atoms. The molecular formula is C20H14N4O. The van der Waals surface area contributed by atoms with Gasteiger partial charge in [0, 0.05) is 28.7 Å². The van der Waals surface area contributed by atoms with Crippen molar-refractivity contribution in [1.29, 1.82) is 0 Å². The molecule has 25 heavy (non-hydrogen) atoms. The van der Waals surface area contributed by atoms with Gasteiger partial charge < -0.3 is 10.7 Å². The molecular weight excluding hydrogens is 312 g/mol. The lowest BCUT2D eigenvalue weighted by Crippen LogP contribution is -2.13. The first-order chi connectivity index (χ1) is 12.2. The summed E-state index contributed by atoms with van der Waals surface area (Å²) >= 11 is 0. The fraction of sp³-hybridized carbons (Fsp3) is 0. The second-order valence-electron chi connectivity index (χ2n) is 6.07. The highest BCUT2D eigenvalue weighted by molar-refractivity contribution is 6.10. The summed E-state index contributed by atoms with van der Waals surface area (Å²) in [6.45, 7) is 0. The van der Waals surface area contributed by atoms with E-state index in [0.29, 0.717) is 5.65 Å². The molecule has 0 radical (unpaired) electrons. The van der Waals surface area contributed by atoms with E-state index in [2.05, 4.69) is 22.1 Å². The number of nitrogens with one attached hydrogen (secondary N) is 1. The zero-order chi connectivity index (χ0) is 17.0. The summed E-state index contributed by atoms with van der Waals surface area (Å²) in [5, 5.41) is 3.13. The number of nitrogens with two attached hydrogens (primary N) is 1. The Labute approximate surface area is 142 Å². The Morgan fingerprint density at radius 2 is 1.92 bits per heavy atom. The molecule has 0 fully saturated rings. The Balaban J connectivity index is 2.07. The number of rotatable bonds is 1. The molecule has 5 heteroatoms. The van der Waals surface area contributed by atoms with Crippen molar-refractivity contribution in [3.63, 3.8) is 0 Å². The first-order valence-corrected chi connectivity index (χ1v) is 7.99. The number of imidazole rings is 1. The summed E-state index contributed by atoms with van der Waals surface area (Å²) in [7, 11) is 0. The van der Waals surface area contributed by atoms with E-state index in [0.717, 1.165) is 38.3 Å². The van der Waals surface area contributed by atoms with E-state index in [9.17, 15) is 4.79 Å². The molecule has 5 nitrogen and oxygen atoms in total. The van der Waals surface area contributed by atoms with Gasteiger partial charge in [-0.05, 0) is 29.2 Å². The number of aromatic nitrogens is 3. The number of nitrogens with zero attached hydrogens (tertiary/aromatic N) is 2. The van der Waals surface area contributed by atoms with Crippen LogP contribution in [-0.2, 0) is 0 Å². The Bertz CT molecular complexity index is 1380. The number of fused-ring (bicyclic) bond motifs is 5. The molecule has 0 unspecified atom stereocenters. The van der Waals surface area contributed by atoms with Gasteiger partial charge in [-0.2, -0.15) is 0 Å². The Hall–Kier alpha value is -3.60. The van der Waals surface area contributed by atoms with Crippen LogP contribution in [0.25, 0.3) is 33.5 Å². The third kappa shape index (κ3) is 1.96. The van der Waals surface area contributed by atoms with Crippen LogP contribution in [0.15, 0.2) is 65.7 Å². The molecule has 0 atom stereocenters. The normalized spacial score (nSPS) is 12.6. The fourth-order valence-electron chi connectivity index (χ4n) is 3.49. The fourth-order valence-corrected chi connectivity index (χ4v) is 3.49. The monoisotopic (exact) mass is 326 g/mol. The predicted molar refractivity (Wildman–Crippen MR) is 100 cm³/mol. The van der Waals surface area contributed by atoms with E-state index in [-0.39, 0.29) is 5.56 Å². The van der Waals surface area contributed by atoms with Crippen molar-refractivity contribution in [2.24, 2.45) is 0 Å². The van der Waals surface area contributed by atoms with Crippen LogP contribution in [-0.4, -0.2) is 14.4 Å². The smallest absolute Gasteiger partial charge is 0.292 e. The number of aromatic amines is 1. The van der Waals surface area contributed by atoms with E-state index in [1.807, 2.05) is 53.1 Å². The van der Waals surface area contributed by atoms with Crippen molar-refractivity contribution >= 4 is 39.2 Å². The van der Waals surface area contributed by atoms with Crippen LogP contribution in [0.2, 0.25) is 0 Å². The van der Waals surface area contributed by atoms with Crippen molar-refractivity contribution in [1.82, 2.24) is 14.4 Å². The molecule has 0 aliphatic carbocycles. The number of hydrogen-bond donors (Lipinski definition) is 2. The van der Waals surface area contributed by atoms with Gasteiger partial charge in [0.15, 0.2) is 0 Å². The quantitative estimate of drug-likeness (QED) is 0.465. The van der Waals surface area contributed by atoms with Gasteiger partial charge in [-0.3, -0.25) is 9.20 Å². The summed E-state index contributed by atoms with van der Waals surface area (Å²) in [5.74, 6) is 0. The Morgan fingerprint density at radius 1 is 1.08 bits per heavy atom. The molecule has 0 aliphatic rings. The summed E-state index contributed by atoms with van der Waals surface area (Å²) in [4.78, 5) is 19.5. The van der Waals surface area contributed by atoms with Crippen LogP contribution < -0.4 is 16.5 Å². The second-order valence-corrected chi connectivity index (χ2v) is 6.07. The summed E-state index contributed by atoms with van der Waals surface area (Å²) < 4.78 is 1.85. The number of anilines is 1. The molecule has 0 aliphatic heterocycles. The minimum atomic E-state index is -0.191. The average Bonchev–Trinajstić information content (AvgIpc) is 3.20. The standard InChI is InChI=1S/C20H14N4O/c21-13-5-3-4-12(10-13)11-16-14-6-1-2-7-15(14)17-18(16)24-9-8-22-19(24)20(25)23-17/h1-11H,21H2,(H,23,25)/b16-11+. The van der Waals surface area contributed by atoms with Gasteiger partial charge in [0.2, 0.25) is 5.65 Å². The van der Waals surface area contributed by atoms with Gasteiger partial charge in [-0.25, -0.2) is 4.98 Å². The number of hydrogen-bond acceptors (Lipinski definition) is 3. The largest absolute Gasteiger partial charge is 0.399 e. The number of nitrogen functional groups attached to an aromatic ring is 1. The molecule has 2 heterocycles. The molecule has 0 saturated heterocycles. The molecule has 5 aromatic rings. The molecule has 2 aromatic heterocycles. The van der Waals surface area contributed by atoms with Crippen molar-refractivity contribution in [3.05, 3.63) is 82.1 Å². The second kappa shape index (κ2) is 4.95. The zero-order valence-electron chi connectivity index (χ0n) is 13.2. The Morgan fingerprint density at radius 3 is 2.76 bits per heavy atom. The van der Waals surface area contributed by atoms with Crippen LogP contribution in [0.1, 0.15) is 5.56 Å². The average molecular weight is 326 g/mol. The van der Waals surface area contributed by atoms with E-state index < -0.39 is 0 Å². The molecule has 0 bridgehead atoms. The Kier molecular flexibility index (Phi) is 2.73. The maximum absolute atomic E-state index is 12.3. The third-order valence-corrected chi connectivity index (χ3v) is 4.52. The number of H-pyrrole nitrogens is 1. The highest BCUT2D eigenvalue weighted by Crippen LogP contribution is 2.22. The topological polar surface area (TPSA) is 76.2 Å². The van der Waals surface area contributed by atoms with Crippen molar-refractivity contribution in [3.8, 4) is 0 Å². The van der Waals surface area contributed by atoms with E-state index in [4.69, 9.17) is 5.73 Å². The maximum Gasteiger partial charge on any atom is 0.292 e. The first-order valence-electron chi connectivity index (χ1n) is 7.99. The van der Waals surface area contributed by atoms with Crippen molar-refractivity contribution in [2.75, 3.05) is 5.73 Å². The van der Waals surface area contributed by atoms with Gasteiger partial charge in [0.25, 0.3) is 5.56 Å². The first kappa shape index (κ1) is 13.8. The molecule has 3 aromatic carbocycles. The molecule has 0 amide bonds. The van der Waals surface area contributed by atoms with Crippen LogP contribution in [0.4, 0.5) is 5.69 Å². The lowest BCUT2D eigenvalue weighted by atomic mass is 10.1. The molecule has 120 valence electrons. The summed E-state index contributed by atoms with van der Waals surface area (Å²) in [5.41, 5.74) is 9.62. The van der Waals surface area contributed by atoms with E-state index >= 15 is 0 Å². The van der Waals surface area contributed by atoms with E-state index in [1.165, 1.54) is 0 Å². The highest BCUT2D eigenvalue weighted by atomic mass is 16.1. The van der Waals surface area contributed by atoms with Gasteiger partial charge in [-0.15, -0.1) is 0 Å².